The summed E-state index contributed by atoms with van der Waals surface area (Å²) in [5, 5.41) is 6.39. The average Bonchev–Trinajstić information content (AvgIpc) is 3.22. The van der Waals surface area contributed by atoms with Gasteiger partial charge in [0.05, 0.1) is 5.52 Å². The number of pyridine rings is 1. The standard InChI is InChI=1S/C23H14N2S/c1-3-7-20-18(5-1)22-19-6-2-4-8-21(19)26-23(22)25(20)17-10-9-16-14-24-12-11-15(16)13-17/h1-14H. The lowest BCUT2D eigenvalue weighted by atomic mass is 10.1. The van der Waals surface area contributed by atoms with E-state index < -0.39 is 0 Å². The third-order valence-corrected chi connectivity index (χ3v) is 6.23. The Labute approximate surface area is 153 Å². The highest BCUT2D eigenvalue weighted by Crippen LogP contribution is 2.42. The fourth-order valence-corrected chi connectivity index (χ4v) is 5.16. The number of rotatable bonds is 1. The van der Waals surface area contributed by atoms with E-state index in [1.54, 1.807) is 0 Å². The number of fused-ring (bicyclic) bond motifs is 6. The van der Waals surface area contributed by atoms with Crippen molar-refractivity contribution < 1.29 is 0 Å². The van der Waals surface area contributed by atoms with Gasteiger partial charge in [0.15, 0.2) is 0 Å². The fraction of sp³-hybridized carbons (Fsp3) is 0. The second-order valence-corrected chi connectivity index (χ2v) is 7.57. The van der Waals surface area contributed by atoms with Gasteiger partial charge in [-0.1, -0.05) is 42.5 Å². The topological polar surface area (TPSA) is 17.8 Å². The minimum atomic E-state index is 1.17. The van der Waals surface area contributed by atoms with Crippen molar-refractivity contribution in [1.82, 2.24) is 9.55 Å². The van der Waals surface area contributed by atoms with Crippen LogP contribution in [-0.4, -0.2) is 9.55 Å². The van der Waals surface area contributed by atoms with Crippen LogP contribution in [0.4, 0.5) is 0 Å². The van der Waals surface area contributed by atoms with Crippen LogP contribution in [0.3, 0.4) is 0 Å². The van der Waals surface area contributed by atoms with Crippen molar-refractivity contribution >= 4 is 53.3 Å². The Morgan fingerprint density at radius 1 is 0.769 bits per heavy atom. The molecule has 122 valence electrons. The molecule has 26 heavy (non-hydrogen) atoms. The molecule has 0 unspecified atom stereocenters. The SMILES string of the molecule is c1ccc2c(c1)sc1c2c2ccccc2n1-c1ccc2cnccc2c1. The van der Waals surface area contributed by atoms with Crippen molar-refractivity contribution in [2.24, 2.45) is 0 Å². The maximum absolute atomic E-state index is 4.23. The molecule has 0 bridgehead atoms. The molecule has 0 aliphatic heterocycles. The first-order valence-corrected chi connectivity index (χ1v) is 9.47. The Bertz CT molecular complexity index is 1440. The summed E-state index contributed by atoms with van der Waals surface area (Å²) < 4.78 is 3.73. The molecule has 0 spiro atoms. The third kappa shape index (κ3) is 1.83. The lowest BCUT2D eigenvalue weighted by Crippen LogP contribution is -1.92. The van der Waals surface area contributed by atoms with Crippen LogP contribution in [0.25, 0.3) is 47.7 Å². The quantitative estimate of drug-likeness (QED) is 0.329. The van der Waals surface area contributed by atoms with E-state index in [9.17, 15) is 0 Å². The van der Waals surface area contributed by atoms with Gasteiger partial charge in [-0.05, 0) is 35.7 Å². The minimum absolute atomic E-state index is 1.17. The van der Waals surface area contributed by atoms with Crippen LogP contribution in [0.15, 0.2) is 85.2 Å². The monoisotopic (exact) mass is 350 g/mol. The van der Waals surface area contributed by atoms with E-state index in [4.69, 9.17) is 0 Å². The van der Waals surface area contributed by atoms with Crippen LogP contribution in [0.1, 0.15) is 0 Å². The first-order valence-electron chi connectivity index (χ1n) is 8.65. The van der Waals surface area contributed by atoms with Crippen LogP contribution in [0, 0.1) is 0 Å². The number of hydrogen-bond donors (Lipinski definition) is 0. The smallest absolute Gasteiger partial charge is 0.109 e. The number of para-hydroxylation sites is 1. The molecule has 3 aromatic heterocycles. The van der Waals surface area contributed by atoms with Gasteiger partial charge in [0.25, 0.3) is 0 Å². The normalized spacial score (nSPS) is 11.8. The van der Waals surface area contributed by atoms with Crippen molar-refractivity contribution in [2.45, 2.75) is 0 Å². The molecule has 6 rings (SSSR count). The van der Waals surface area contributed by atoms with Crippen LogP contribution in [-0.2, 0) is 0 Å². The third-order valence-electron chi connectivity index (χ3n) is 5.08. The predicted octanol–water partition coefficient (Wildman–Crippen LogP) is 6.55. The predicted molar refractivity (Wildman–Crippen MR) is 111 cm³/mol. The molecule has 0 aliphatic carbocycles. The molecule has 3 heteroatoms. The summed E-state index contributed by atoms with van der Waals surface area (Å²) in [5.74, 6) is 0. The summed E-state index contributed by atoms with van der Waals surface area (Å²) in [5.41, 5.74) is 2.45. The molecule has 0 atom stereocenters. The molecule has 0 N–H and O–H groups in total. The first kappa shape index (κ1) is 14.0. The van der Waals surface area contributed by atoms with Crippen LogP contribution in [0.5, 0.6) is 0 Å². The Hall–Kier alpha value is -3.17. The van der Waals surface area contributed by atoms with E-state index in [1.165, 1.54) is 47.7 Å². The molecule has 0 radical (unpaired) electrons. The van der Waals surface area contributed by atoms with Crippen LogP contribution in [0.2, 0.25) is 0 Å². The lowest BCUT2D eigenvalue weighted by Gasteiger charge is -2.08. The highest BCUT2D eigenvalue weighted by molar-refractivity contribution is 7.25. The summed E-state index contributed by atoms with van der Waals surface area (Å²) in [4.78, 5) is 5.54. The van der Waals surface area contributed by atoms with E-state index in [1.807, 2.05) is 23.7 Å². The summed E-state index contributed by atoms with van der Waals surface area (Å²) >= 11 is 1.86. The number of hydrogen-bond acceptors (Lipinski definition) is 2. The molecule has 6 aromatic rings. The zero-order chi connectivity index (χ0) is 17.1. The fourth-order valence-electron chi connectivity index (χ4n) is 3.91. The maximum Gasteiger partial charge on any atom is 0.109 e. The Kier molecular flexibility index (Phi) is 2.79. The van der Waals surface area contributed by atoms with Crippen LogP contribution < -0.4 is 0 Å². The van der Waals surface area contributed by atoms with Gasteiger partial charge in [0.1, 0.15) is 4.83 Å². The molecule has 3 heterocycles. The second-order valence-electron chi connectivity index (χ2n) is 6.54. The second kappa shape index (κ2) is 5.16. The van der Waals surface area contributed by atoms with Crippen LogP contribution >= 0.6 is 11.3 Å². The molecule has 3 aromatic carbocycles. The van der Waals surface area contributed by atoms with Crippen molar-refractivity contribution in [3.63, 3.8) is 0 Å². The zero-order valence-corrected chi connectivity index (χ0v) is 14.7. The average molecular weight is 350 g/mol. The number of aromatic nitrogens is 2. The Balaban J connectivity index is 1.80. The summed E-state index contributed by atoms with van der Waals surface area (Å²) in [6.07, 6.45) is 3.77. The minimum Gasteiger partial charge on any atom is -0.301 e. The van der Waals surface area contributed by atoms with Gasteiger partial charge in [0.2, 0.25) is 0 Å². The van der Waals surface area contributed by atoms with E-state index in [-0.39, 0.29) is 0 Å². The molecular weight excluding hydrogens is 336 g/mol. The van der Waals surface area contributed by atoms with Gasteiger partial charge < -0.3 is 4.57 Å². The number of nitrogens with zero attached hydrogens (tertiary/aromatic N) is 2. The summed E-state index contributed by atoms with van der Waals surface area (Å²) in [6.45, 7) is 0. The van der Waals surface area contributed by atoms with Gasteiger partial charge in [-0.25, -0.2) is 0 Å². The lowest BCUT2D eigenvalue weighted by molar-refractivity contribution is 1.20. The van der Waals surface area contributed by atoms with Gasteiger partial charge in [-0.3, -0.25) is 4.98 Å². The van der Waals surface area contributed by atoms with E-state index in [0.717, 1.165) is 0 Å². The van der Waals surface area contributed by atoms with Crippen molar-refractivity contribution in [1.29, 1.82) is 0 Å². The molecule has 0 amide bonds. The van der Waals surface area contributed by atoms with Gasteiger partial charge in [0, 0.05) is 44.3 Å². The van der Waals surface area contributed by atoms with Crippen molar-refractivity contribution in [2.75, 3.05) is 0 Å². The Morgan fingerprint density at radius 3 is 2.58 bits per heavy atom. The van der Waals surface area contributed by atoms with Gasteiger partial charge >= 0.3 is 0 Å². The number of thiophene rings is 1. The Morgan fingerprint density at radius 2 is 1.62 bits per heavy atom. The first-order chi connectivity index (χ1) is 12.9. The highest BCUT2D eigenvalue weighted by atomic mass is 32.1. The zero-order valence-electron chi connectivity index (χ0n) is 13.9. The largest absolute Gasteiger partial charge is 0.301 e. The summed E-state index contributed by atoms with van der Waals surface area (Å²) in [6, 6.07) is 26.1. The van der Waals surface area contributed by atoms with Gasteiger partial charge in [-0.15, -0.1) is 11.3 Å². The molecular formula is C23H14N2S. The molecule has 0 saturated carbocycles. The van der Waals surface area contributed by atoms with E-state index in [2.05, 4.69) is 82.3 Å². The number of benzene rings is 3. The molecule has 0 aliphatic rings. The van der Waals surface area contributed by atoms with Gasteiger partial charge in [-0.2, -0.15) is 0 Å². The van der Waals surface area contributed by atoms with Crippen molar-refractivity contribution in [3.05, 3.63) is 85.2 Å². The van der Waals surface area contributed by atoms with E-state index in [0.29, 0.717) is 0 Å². The molecule has 2 nitrogen and oxygen atoms in total. The molecule has 0 saturated heterocycles. The van der Waals surface area contributed by atoms with E-state index >= 15 is 0 Å². The highest BCUT2D eigenvalue weighted by Gasteiger charge is 2.17. The molecule has 0 fully saturated rings. The maximum atomic E-state index is 4.23. The van der Waals surface area contributed by atoms with Crippen molar-refractivity contribution in [3.8, 4) is 5.69 Å². The summed E-state index contributed by atoms with van der Waals surface area (Å²) in [7, 11) is 0.